The molecule has 236 valence electrons. The molecule has 2 aliphatic rings. The molecule has 0 unspecified atom stereocenters. The Labute approximate surface area is 291 Å². The van der Waals surface area contributed by atoms with Gasteiger partial charge >= 0.3 is 0 Å². The summed E-state index contributed by atoms with van der Waals surface area (Å²) in [6, 6.07) is 50.9. The van der Waals surface area contributed by atoms with E-state index in [2.05, 4.69) is 172 Å². The van der Waals surface area contributed by atoms with E-state index in [1.54, 1.807) is 6.08 Å². The lowest BCUT2D eigenvalue weighted by atomic mass is 9.70. The number of hydrogen-bond donors (Lipinski definition) is 0. The van der Waals surface area contributed by atoms with E-state index in [1.165, 1.54) is 72.3 Å². The number of hydrogen-bond acceptors (Lipinski definition) is 0. The molecule has 0 aromatic heterocycles. The molecule has 0 aliphatic heterocycles. The van der Waals surface area contributed by atoms with E-state index in [0.29, 0.717) is 0 Å². The standard InChI is InChI=1S/C35H24.C14H16/c1-3-23(2)24-16-18-25(19-17-24)26-20-21-30-29-12-6-9-15-33(29)35(34(30)22-26)31-13-7-4-10-27(31)28-11-5-8-14-32(28)35;1-4-7-13(8-5-2)14-10-6-9-12(3)11-14/h3-22H,1-2H2;4-11H,1H2,2-3H3/b;8-5-,13-7+. The molecule has 0 heterocycles. The molecule has 0 amide bonds. The maximum Gasteiger partial charge on any atom is 0.0725 e. The molecule has 0 saturated carbocycles. The van der Waals surface area contributed by atoms with Crippen LogP contribution < -0.4 is 0 Å². The largest absolute Gasteiger partial charge is 0.0990 e. The van der Waals surface area contributed by atoms with Crippen molar-refractivity contribution in [1.82, 2.24) is 0 Å². The van der Waals surface area contributed by atoms with Gasteiger partial charge in [0.1, 0.15) is 0 Å². The third-order valence-electron chi connectivity index (χ3n) is 9.83. The van der Waals surface area contributed by atoms with Crippen molar-refractivity contribution in [3.63, 3.8) is 0 Å². The van der Waals surface area contributed by atoms with Crippen LogP contribution in [0, 0.1) is 6.92 Å². The average molecular weight is 629 g/mol. The number of aryl methyl sites for hydroxylation is 1. The highest BCUT2D eigenvalue weighted by Gasteiger charge is 2.51. The summed E-state index contributed by atoms with van der Waals surface area (Å²) in [6.45, 7) is 15.8. The Morgan fingerprint density at radius 3 is 1.63 bits per heavy atom. The lowest BCUT2D eigenvalue weighted by Crippen LogP contribution is -2.25. The fourth-order valence-corrected chi connectivity index (χ4v) is 7.65. The molecule has 0 atom stereocenters. The van der Waals surface area contributed by atoms with Gasteiger partial charge in [0, 0.05) is 0 Å². The minimum Gasteiger partial charge on any atom is -0.0990 e. The van der Waals surface area contributed by atoms with Crippen molar-refractivity contribution < 1.29 is 0 Å². The lowest BCUT2D eigenvalue weighted by molar-refractivity contribution is 0.794. The zero-order valence-electron chi connectivity index (χ0n) is 28.3. The van der Waals surface area contributed by atoms with Crippen molar-refractivity contribution in [2.45, 2.75) is 19.3 Å². The van der Waals surface area contributed by atoms with Crippen LogP contribution in [0.25, 0.3) is 44.5 Å². The molecule has 8 rings (SSSR count). The third-order valence-corrected chi connectivity index (χ3v) is 9.83. The summed E-state index contributed by atoms with van der Waals surface area (Å²) in [4.78, 5) is 0. The van der Waals surface area contributed by atoms with E-state index in [1.807, 2.05) is 25.2 Å². The molecule has 2 aliphatic carbocycles. The summed E-state index contributed by atoms with van der Waals surface area (Å²) in [7, 11) is 0. The van der Waals surface area contributed by atoms with Crippen molar-refractivity contribution in [1.29, 1.82) is 0 Å². The van der Waals surface area contributed by atoms with Gasteiger partial charge in [-0.15, -0.1) is 0 Å². The van der Waals surface area contributed by atoms with Crippen LogP contribution >= 0.6 is 0 Å². The Morgan fingerprint density at radius 1 is 0.551 bits per heavy atom. The van der Waals surface area contributed by atoms with Gasteiger partial charge in [-0.1, -0.05) is 189 Å². The summed E-state index contributed by atoms with van der Waals surface area (Å²) in [5, 5.41) is 0. The van der Waals surface area contributed by atoms with E-state index >= 15 is 0 Å². The van der Waals surface area contributed by atoms with Gasteiger partial charge in [0.15, 0.2) is 0 Å². The maximum absolute atomic E-state index is 4.09. The van der Waals surface area contributed by atoms with Crippen LogP contribution in [0.2, 0.25) is 0 Å². The Balaban J connectivity index is 0.000000229. The molecule has 49 heavy (non-hydrogen) atoms. The third kappa shape index (κ3) is 5.36. The molecule has 0 radical (unpaired) electrons. The van der Waals surface area contributed by atoms with Crippen LogP contribution in [0.4, 0.5) is 0 Å². The van der Waals surface area contributed by atoms with Crippen LogP contribution in [0.3, 0.4) is 0 Å². The summed E-state index contributed by atoms with van der Waals surface area (Å²) < 4.78 is 0. The fraction of sp³-hybridized carbons (Fsp3) is 0.0612. The van der Waals surface area contributed by atoms with Crippen LogP contribution in [0.5, 0.6) is 0 Å². The Bertz CT molecular complexity index is 2220. The van der Waals surface area contributed by atoms with Gasteiger partial charge in [-0.2, -0.15) is 0 Å². The van der Waals surface area contributed by atoms with E-state index in [0.717, 1.165) is 11.1 Å². The second-order valence-corrected chi connectivity index (χ2v) is 12.7. The predicted octanol–water partition coefficient (Wildman–Crippen LogP) is 13.0. The van der Waals surface area contributed by atoms with Crippen LogP contribution in [0.1, 0.15) is 45.9 Å². The molecular formula is C49H40. The molecular weight excluding hydrogens is 589 g/mol. The number of rotatable bonds is 6. The van der Waals surface area contributed by atoms with Crippen molar-refractivity contribution >= 4 is 11.1 Å². The van der Waals surface area contributed by atoms with Crippen molar-refractivity contribution in [3.8, 4) is 33.4 Å². The zero-order valence-corrected chi connectivity index (χ0v) is 28.3. The monoisotopic (exact) mass is 628 g/mol. The SMILES string of the molecule is C=C/C=C(\C=C/C)c1cccc(C)c1.C=CC(=C)c1ccc(-c2ccc3c(c2)C2(c4ccccc4-c4ccccc42)c2ccccc2-3)cc1. The van der Waals surface area contributed by atoms with Gasteiger partial charge in [-0.3, -0.25) is 0 Å². The first-order valence-corrected chi connectivity index (χ1v) is 16.9. The fourth-order valence-electron chi connectivity index (χ4n) is 7.65. The molecule has 1 spiro atoms. The first-order valence-electron chi connectivity index (χ1n) is 16.9. The Kier molecular flexibility index (Phi) is 8.55. The average Bonchev–Trinajstić information content (AvgIpc) is 3.62. The molecule has 6 aromatic carbocycles. The number of fused-ring (bicyclic) bond motifs is 10. The van der Waals surface area contributed by atoms with Gasteiger partial charge in [0.2, 0.25) is 0 Å². The number of allylic oxidation sites excluding steroid dienone is 7. The minimum absolute atomic E-state index is 0.299. The van der Waals surface area contributed by atoms with E-state index < -0.39 is 0 Å². The summed E-state index contributed by atoms with van der Waals surface area (Å²) >= 11 is 0. The summed E-state index contributed by atoms with van der Waals surface area (Å²) in [5.41, 5.74) is 18.7. The van der Waals surface area contributed by atoms with E-state index in [9.17, 15) is 0 Å². The van der Waals surface area contributed by atoms with Crippen molar-refractivity contribution in [2.24, 2.45) is 0 Å². The quantitative estimate of drug-likeness (QED) is 0.161. The second-order valence-electron chi connectivity index (χ2n) is 12.7. The maximum atomic E-state index is 4.09. The highest BCUT2D eigenvalue weighted by atomic mass is 14.5. The zero-order chi connectivity index (χ0) is 34.0. The highest BCUT2D eigenvalue weighted by molar-refractivity contribution is 5.96. The lowest BCUT2D eigenvalue weighted by Gasteiger charge is -2.30. The Hall–Kier alpha value is -5.98. The van der Waals surface area contributed by atoms with Gasteiger partial charge in [0.05, 0.1) is 5.41 Å². The molecule has 0 fully saturated rings. The molecule has 0 nitrogen and oxygen atoms in total. The second kappa shape index (κ2) is 13.3. The first-order chi connectivity index (χ1) is 24.0. The molecule has 0 saturated heterocycles. The van der Waals surface area contributed by atoms with E-state index in [4.69, 9.17) is 0 Å². The Morgan fingerprint density at radius 2 is 1.10 bits per heavy atom. The van der Waals surface area contributed by atoms with Crippen LogP contribution in [-0.2, 0) is 5.41 Å². The highest BCUT2D eigenvalue weighted by Crippen LogP contribution is 2.62. The first kappa shape index (κ1) is 31.6. The summed E-state index contributed by atoms with van der Waals surface area (Å²) in [6.07, 6.45) is 9.78. The number of benzene rings is 6. The molecule has 0 heteroatoms. The van der Waals surface area contributed by atoms with Gasteiger partial charge in [-0.05, 0) is 97.8 Å². The molecule has 0 bridgehead atoms. The van der Waals surface area contributed by atoms with Crippen LogP contribution in [-0.4, -0.2) is 0 Å². The topological polar surface area (TPSA) is 0 Å². The minimum atomic E-state index is -0.299. The predicted molar refractivity (Wildman–Crippen MR) is 212 cm³/mol. The van der Waals surface area contributed by atoms with Crippen molar-refractivity contribution in [2.75, 3.05) is 0 Å². The van der Waals surface area contributed by atoms with Crippen molar-refractivity contribution in [3.05, 3.63) is 229 Å². The van der Waals surface area contributed by atoms with Gasteiger partial charge in [0.25, 0.3) is 0 Å². The smallest absolute Gasteiger partial charge is 0.0725 e. The summed E-state index contributed by atoms with van der Waals surface area (Å²) in [5.74, 6) is 0. The molecule has 0 N–H and O–H groups in total. The van der Waals surface area contributed by atoms with Crippen LogP contribution in [0.15, 0.2) is 190 Å². The van der Waals surface area contributed by atoms with Gasteiger partial charge < -0.3 is 0 Å². The van der Waals surface area contributed by atoms with E-state index in [-0.39, 0.29) is 5.41 Å². The van der Waals surface area contributed by atoms with Gasteiger partial charge in [-0.25, -0.2) is 0 Å². The molecule has 6 aromatic rings. The normalized spacial score (nSPS) is 13.1.